The van der Waals surface area contributed by atoms with Crippen LogP contribution in [0.5, 0.6) is 0 Å². The second kappa shape index (κ2) is 10.3. The topological polar surface area (TPSA) is 25.8 Å². The van der Waals surface area contributed by atoms with E-state index >= 15 is 0 Å². The highest BCUT2D eigenvalue weighted by molar-refractivity contribution is 6.22. The van der Waals surface area contributed by atoms with Crippen LogP contribution < -0.4 is 0 Å². The minimum absolute atomic E-state index is 0.961. The lowest BCUT2D eigenvalue weighted by atomic mass is 9.84. The minimum atomic E-state index is 0.961. The smallest absolute Gasteiger partial charge is 0.0702 e. The summed E-state index contributed by atoms with van der Waals surface area (Å²) in [6.45, 7) is 2.20. The second-order valence-electron chi connectivity index (χ2n) is 11.1. The number of pyridine rings is 2. The fourth-order valence-corrected chi connectivity index (χ4v) is 6.41. The van der Waals surface area contributed by atoms with Gasteiger partial charge >= 0.3 is 0 Å². The van der Waals surface area contributed by atoms with Crippen LogP contribution in [0.15, 0.2) is 152 Å². The molecule has 0 amide bonds. The molecular formula is C41H28N2. The van der Waals surface area contributed by atoms with Gasteiger partial charge in [0.2, 0.25) is 0 Å². The van der Waals surface area contributed by atoms with E-state index in [2.05, 4.69) is 139 Å². The highest BCUT2D eigenvalue weighted by Crippen LogP contribution is 2.44. The van der Waals surface area contributed by atoms with Gasteiger partial charge in [-0.25, -0.2) is 0 Å². The Morgan fingerprint density at radius 3 is 1.65 bits per heavy atom. The third kappa shape index (κ3) is 4.36. The first-order valence-electron chi connectivity index (χ1n) is 14.6. The summed E-state index contributed by atoms with van der Waals surface area (Å²) in [6, 6.07) is 48.1. The van der Waals surface area contributed by atoms with Gasteiger partial charge in [-0.15, -0.1) is 0 Å². The molecular weight excluding hydrogens is 520 g/mol. The molecule has 0 radical (unpaired) electrons. The lowest BCUT2D eigenvalue weighted by molar-refractivity contribution is 1.30. The number of aromatic nitrogens is 2. The zero-order valence-corrected chi connectivity index (χ0v) is 23.8. The molecule has 0 bridgehead atoms. The fourth-order valence-electron chi connectivity index (χ4n) is 6.41. The van der Waals surface area contributed by atoms with Crippen molar-refractivity contribution in [2.45, 2.75) is 6.92 Å². The van der Waals surface area contributed by atoms with E-state index in [0.717, 1.165) is 22.4 Å². The largest absolute Gasteiger partial charge is 0.264 e. The lowest BCUT2D eigenvalue weighted by Crippen LogP contribution is -1.92. The molecule has 0 spiro atoms. The molecule has 0 aliphatic rings. The van der Waals surface area contributed by atoms with Crippen LogP contribution in [0.2, 0.25) is 0 Å². The Bertz CT molecular complexity index is 2230. The van der Waals surface area contributed by atoms with E-state index in [1.54, 1.807) is 6.20 Å². The first-order valence-corrected chi connectivity index (χ1v) is 14.6. The summed E-state index contributed by atoms with van der Waals surface area (Å²) >= 11 is 0. The molecule has 43 heavy (non-hydrogen) atoms. The van der Waals surface area contributed by atoms with Crippen molar-refractivity contribution in [1.82, 2.24) is 9.97 Å². The van der Waals surface area contributed by atoms with Crippen LogP contribution in [0.4, 0.5) is 0 Å². The van der Waals surface area contributed by atoms with Crippen molar-refractivity contribution in [1.29, 1.82) is 0 Å². The monoisotopic (exact) mass is 548 g/mol. The van der Waals surface area contributed by atoms with Gasteiger partial charge in [-0.3, -0.25) is 9.97 Å². The molecule has 2 aromatic heterocycles. The molecule has 0 unspecified atom stereocenters. The van der Waals surface area contributed by atoms with Gasteiger partial charge in [0.1, 0.15) is 0 Å². The third-order valence-electron chi connectivity index (χ3n) is 8.53. The molecule has 0 N–H and O–H groups in total. The number of fused-ring (bicyclic) bond motifs is 3. The highest BCUT2D eigenvalue weighted by Gasteiger charge is 2.17. The molecule has 0 saturated carbocycles. The number of hydrogen-bond donors (Lipinski definition) is 0. The Balaban J connectivity index is 1.26. The SMILES string of the molecule is Cc1ccccc1-c1c2ccccc2c(-c2ccc3cc(-c4ccc(-c5cccnc5)cn4)ccc3c2)c2ccccc12. The fraction of sp³-hybridized carbons (Fsp3) is 0.0244. The second-order valence-corrected chi connectivity index (χ2v) is 11.1. The molecule has 8 rings (SSSR count). The molecule has 0 aliphatic heterocycles. The normalized spacial score (nSPS) is 11.4. The summed E-state index contributed by atoms with van der Waals surface area (Å²) in [5, 5.41) is 7.51. The summed E-state index contributed by atoms with van der Waals surface area (Å²) in [7, 11) is 0. The van der Waals surface area contributed by atoms with Gasteiger partial charge < -0.3 is 0 Å². The Morgan fingerprint density at radius 1 is 0.442 bits per heavy atom. The van der Waals surface area contributed by atoms with Gasteiger partial charge in [-0.1, -0.05) is 109 Å². The van der Waals surface area contributed by atoms with Crippen LogP contribution in [0.25, 0.3) is 77.0 Å². The maximum atomic E-state index is 4.78. The quantitative estimate of drug-likeness (QED) is 0.204. The van der Waals surface area contributed by atoms with E-state index in [0.29, 0.717) is 0 Å². The van der Waals surface area contributed by atoms with Crippen LogP contribution >= 0.6 is 0 Å². The van der Waals surface area contributed by atoms with Crippen molar-refractivity contribution in [3.8, 4) is 44.6 Å². The van der Waals surface area contributed by atoms with Crippen molar-refractivity contribution in [3.05, 3.63) is 158 Å². The molecule has 6 aromatic carbocycles. The molecule has 202 valence electrons. The van der Waals surface area contributed by atoms with E-state index in [4.69, 9.17) is 4.98 Å². The Labute approximate surface area is 251 Å². The molecule has 0 atom stereocenters. The van der Waals surface area contributed by atoms with Crippen molar-refractivity contribution < 1.29 is 0 Å². The van der Waals surface area contributed by atoms with E-state index in [1.165, 1.54) is 60.1 Å². The average Bonchev–Trinajstić information content (AvgIpc) is 3.07. The van der Waals surface area contributed by atoms with Crippen LogP contribution in [-0.2, 0) is 0 Å². The minimum Gasteiger partial charge on any atom is -0.264 e. The van der Waals surface area contributed by atoms with Crippen molar-refractivity contribution >= 4 is 32.3 Å². The Kier molecular flexibility index (Phi) is 6.05. The molecule has 2 heterocycles. The number of aryl methyl sites for hydroxylation is 1. The number of rotatable bonds is 4. The van der Waals surface area contributed by atoms with Crippen LogP contribution in [0.3, 0.4) is 0 Å². The summed E-state index contributed by atoms with van der Waals surface area (Å²) in [4.78, 5) is 9.01. The van der Waals surface area contributed by atoms with Crippen molar-refractivity contribution in [3.63, 3.8) is 0 Å². The van der Waals surface area contributed by atoms with Gasteiger partial charge in [0.15, 0.2) is 0 Å². The molecule has 0 saturated heterocycles. The van der Waals surface area contributed by atoms with Gasteiger partial charge in [-0.2, -0.15) is 0 Å². The van der Waals surface area contributed by atoms with Crippen LogP contribution in [0, 0.1) is 6.92 Å². The number of hydrogen-bond acceptors (Lipinski definition) is 2. The maximum Gasteiger partial charge on any atom is 0.0702 e. The summed E-state index contributed by atoms with van der Waals surface area (Å²) < 4.78 is 0. The van der Waals surface area contributed by atoms with Crippen LogP contribution in [-0.4, -0.2) is 9.97 Å². The number of benzene rings is 6. The first-order chi connectivity index (χ1) is 21.2. The summed E-state index contributed by atoms with van der Waals surface area (Å²) in [5.41, 5.74) is 10.6. The zero-order valence-electron chi connectivity index (χ0n) is 23.8. The third-order valence-corrected chi connectivity index (χ3v) is 8.53. The standard InChI is InChI=1S/C41H28N2/c1-27-9-2-3-11-34(27)41-37-14-6-4-12-35(37)40(36-13-5-7-15-38(36)41)31-19-17-28-23-30(18-16-29(28)24-31)39-21-20-33(26-43-39)32-10-8-22-42-25-32/h2-26H,1H3. The summed E-state index contributed by atoms with van der Waals surface area (Å²) in [6.07, 6.45) is 5.58. The lowest BCUT2D eigenvalue weighted by Gasteiger charge is -2.19. The molecule has 0 aliphatic carbocycles. The Morgan fingerprint density at radius 2 is 1.02 bits per heavy atom. The average molecular weight is 549 g/mol. The molecule has 0 fully saturated rings. The molecule has 2 nitrogen and oxygen atoms in total. The van der Waals surface area contributed by atoms with E-state index in [9.17, 15) is 0 Å². The first kappa shape index (κ1) is 25.1. The highest BCUT2D eigenvalue weighted by atomic mass is 14.7. The Hall–Kier alpha value is -5.60. The molecule has 2 heteroatoms. The number of nitrogens with zero attached hydrogens (tertiary/aromatic N) is 2. The van der Waals surface area contributed by atoms with Gasteiger partial charge in [0.05, 0.1) is 5.69 Å². The van der Waals surface area contributed by atoms with Gasteiger partial charge in [0.25, 0.3) is 0 Å². The van der Waals surface area contributed by atoms with E-state index in [1.807, 2.05) is 18.5 Å². The van der Waals surface area contributed by atoms with E-state index < -0.39 is 0 Å². The predicted octanol–water partition coefficient (Wildman–Crippen LogP) is 10.9. The molecule has 8 aromatic rings. The predicted molar refractivity (Wildman–Crippen MR) is 181 cm³/mol. The van der Waals surface area contributed by atoms with E-state index in [-0.39, 0.29) is 0 Å². The van der Waals surface area contributed by atoms with Crippen molar-refractivity contribution in [2.75, 3.05) is 0 Å². The van der Waals surface area contributed by atoms with Crippen LogP contribution in [0.1, 0.15) is 5.56 Å². The maximum absolute atomic E-state index is 4.78. The van der Waals surface area contributed by atoms with Gasteiger partial charge in [-0.05, 0) is 91.3 Å². The summed E-state index contributed by atoms with van der Waals surface area (Å²) in [5.74, 6) is 0. The zero-order chi connectivity index (χ0) is 28.8. The van der Waals surface area contributed by atoms with Crippen molar-refractivity contribution in [2.24, 2.45) is 0 Å². The van der Waals surface area contributed by atoms with Gasteiger partial charge in [0, 0.05) is 35.3 Å².